The van der Waals surface area contributed by atoms with Gasteiger partial charge >= 0.3 is 0 Å². The number of carbonyl (C=O) groups is 2. The second-order valence-electron chi connectivity index (χ2n) is 6.44. The first-order chi connectivity index (χ1) is 13.0. The number of non-ortho nitro benzene ring substituents is 1. The third-order valence-electron chi connectivity index (χ3n) is 4.69. The van der Waals surface area contributed by atoms with Gasteiger partial charge < -0.3 is 10.2 Å². The Kier molecular flexibility index (Phi) is 5.75. The molecule has 3 rings (SSSR count). The van der Waals surface area contributed by atoms with E-state index in [1.165, 1.54) is 24.3 Å². The molecule has 1 fully saturated rings. The van der Waals surface area contributed by atoms with E-state index in [2.05, 4.69) is 10.3 Å². The fraction of sp³-hybridized carbons (Fsp3) is 0.316. The molecular weight excluding hydrogens is 348 g/mol. The van der Waals surface area contributed by atoms with Gasteiger partial charge in [-0.15, -0.1) is 0 Å². The number of hydrogen-bond acceptors (Lipinski definition) is 5. The molecular formula is C19H20N4O4. The van der Waals surface area contributed by atoms with Crippen molar-refractivity contribution in [1.29, 1.82) is 0 Å². The highest BCUT2D eigenvalue weighted by Crippen LogP contribution is 2.20. The van der Waals surface area contributed by atoms with Crippen LogP contribution in [0.25, 0.3) is 0 Å². The number of benzene rings is 1. The zero-order chi connectivity index (χ0) is 19.2. The number of carbonyl (C=O) groups excluding carboxylic acids is 2. The van der Waals surface area contributed by atoms with Gasteiger partial charge in [0, 0.05) is 55.6 Å². The highest BCUT2D eigenvalue weighted by Gasteiger charge is 2.27. The van der Waals surface area contributed by atoms with Crippen molar-refractivity contribution < 1.29 is 14.5 Å². The first-order valence-corrected chi connectivity index (χ1v) is 8.75. The topological polar surface area (TPSA) is 105 Å². The summed E-state index contributed by atoms with van der Waals surface area (Å²) in [5, 5.41) is 13.6. The van der Waals surface area contributed by atoms with Crippen molar-refractivity contribution in [1.82, 2.24) is 15.2 Å². The molecule has 1 aromatic heterocycles. The van der Waals surface area contributed by atoms with Gasteiger partial charge in [0.2, 0.25) is 5.91 Å². The Labute approximate surface area is 156 Å². The smallest absolute Gasteiger partial charge is 0.269 e. The van der Waals surface area contributed by atoms with Gasteiger partial charge in [-0.1, -0.05) is 0 Å². The molecule has 140 valence electrons. The molecule has 1 aromatic carbocycles. The van der Waals surface area contributed by atoms with E-state index in [9.17, 15) is 19.7 Å². The number of nitrogens with one attached hydrogen (secondary N) is 1. The van der Waals surface area contributed by atoms with Crippen molar-refractivity contribution >= 4 is 17.5 Å². The molecule has 0 radical (unpaired) electrons. The summed E-state index contributed by atoms with van der Waals surface area (Å²) in [6.07, 6.45) is 4.56. The maximum atomic E-state index is 12.5. The highest BCUT2D eigenvalue weighted by atomic mass is 16.6. The van der Waals surface area contributed by atoms with Gasteiger partial charge in [0.1, 0.15) is 0 Å². The Morgan fingerprint density at radius 3 is 2.33 bits per heavy atom. The number of amides is 2. The lowest BCUT2D eigenvalue weighted by atomic mass is 9.95. The maximum absolute atomic E-state index is 12.5. The Balaban J connectivity index is 1.49. The second kappa shape index (κ2) is 8.39. The van der Waals surface area contributed by atoms with E-state index in [-0.39, 0.29) is 23.4 Å². The summed E-state index contributed by atoms with van der Waals surface area (Å²) in [6.45, 7) is 1.44. The number of nitrogens with zero attached hydrogens (tertiary/aromatic N) is 3. The summed E-state index contributed by atoms with van der Waals surface area (Å²) in [5.74, 6) is -0.289. The lowest BCUT2D eigenvalue weighted by Crippen LogP contribution is -2.42. The van der Waals surface area contributed by atoms with Gasteiger partial charge in [-0.3, -0.25) is 24.7 Å². The second-order valence-corrected chi connectivity index (χ2v) is 6.44. The standard InChI is InChI=1S/C19H20N4O4/c24-18(21-13-14-5-9-20-10-6-14)15-7-11-22(12-8-15)19(25)16-1-3-17(4-2-16)23(26)27/h1-6,9-10,15H,7-8,11-13H2,(H,21,24). The molecule has 2 amide bonds. The molecule has 0 atom stereocenters. The number of likely N-dealkylation sites (tertiary alicyclic amines) is 1. The van der Waals surface area contributed by atoms with E-state index in [0.29, 0.717) is 38.0 Å². The largest absolute Gasteiger partial charge is 0.352 e. The van der Waals surface area contributed by atoms with Crippen molar-refractivity contribution in [2.45, 2.75) is 19.4 Å². The molecule has 0 aliphatic carbocycles. The zero-order valence-electron chi connectivity index (χ0n) is 14.7. The van der Waals surface area contributed by atoms with Crippen LogP contribution in [0.1, 0.15) is 28.8 Å². The first kappa shape index (κ1) is 18.5. The van der Waals surface area contributed by atoms with Crippen LogP contribution in [-0.2, 0) is 11.3 Å². The van der Waals surface area contributed by atoms with Crippen molar-refractivity contribution in [2.24, 2.45) is 5.92 Å². The third-order valence-corrected chi connectivity index (χ3v) is 4.69. The number of nitro benzene ring substituents is 1. The maximum Gasteiger partial charge on any atom is 0.269 e. The van der Waals surface area contributed by atoms with Gasteiger partial charge in [-0.25, -0.2) is 0 Å². The van der Waals surface area contributed by atoms with Crippen LogP contribution in [0.15, 0.2) is 48.8 Å². The Bertz CT molecular complexity index is 815. The van der Waals surface area contributed by atoms with Crippen molar-refractivity contribution in [2.75, 3.05) is 13.1 Å². The molecule has 0 spiro atoms. The number of pyridine rings is 1. The summed E-state index contributed by atoms with van der Waals surface area (Å²) < 4.78 is 0. The minimum Gasteiger partial charge on any atom is -0.352 e. The predicted octanol–water partition coefficient (Wildman–Crippen LogP) is 2.16. The summed E-state index contributed by atoms with van der Waals surface area (Å²) in [5.41, 5.74) is 1.36. The number of aromatic nitrogens is 1. The van der Waals surface area contributed by atoms with Crippen LogP contribution in [-0.4, -0.2) is 39.7 Å². The number of hydrogen-bond donors (Lipinski definition) is 1. The molecule has 8 heteroatoms. The third kappa shape index (κ3) is 4.66. The summed E-state index contributed by atoms with van der Waals surface area (Å²) in [6, 6.07) is 9.29. The molecule has 1 aliphatic heterocycles. The van der Waals surface area contributed by atoms with Crippen LogP contribution in [0, 0.1) is 16.0 Å². The van der Waals surface area contributed by atoms with E-state index in [1.54, 1.807) is 17.3 Å². The van der Waals surface area contributed by atoms with Crippen LogP contribution in [0.4, 0.5) is 5.69 Å². The molecule has 27 heavy (non-hydrogen) atoms. The summed E-state index contributed by atoms with van der Waals surface area (Å²) in [4.78, 5) is 40.7. The summed E-state index contributed by atoms with van der Waals surface area (Å²) >= 11 is 0. The van der Waals surface area contributed by atoms with Gasteiger partial charge in [0.25, 0.3) is 11.6 Å². The quantitative estimate of drug-likeness (QED) is 0.643. The van der Waals surface area contributed by atoms with Crippen molar-refractivity contribution in [3.05, 3.63) is 70.0 Å². The van der Waals surface area contributed by atoms with Gasteiger partial charge in [-0.05, 0) is 42.7 Å². The van der Waals surface area contributed by atoms with E-state index in [0.717, 1.165) is 5.56 Å². The summed E-state index contributed by atoms with van der Waals surface area (Å²) in [7, 11) is 0. The van der Waals surface area contributed by atoms with Crippen molar-refractivity contribution in [3.63, 3.8) is 0 Å². The predicted molar refractivity (Wildman–Crippen MR) is 97.8 cm³/mol. The lowest BCUT2D eigenvalue weighted by Gasteiger charge is -2.31. The average molecular weight is 368 g/mol. The Morgan fingerprint density at radius 2 is 1.74 bits per heavy atom. The number of nitro groups is 1. The molecule has 1 aliphatic rings. The van der Waals surface area contributed by atoms with Crippen molar-refractivity contribution in [3.8, 4) is 0 Å². The van der Waals surface area contributed by atoms with Crippen LogP contribution in [0.3, 0.4) is 0 Å². The van der Waals surface area contributed by atoms with Crippen LogP contribution in [0.5, 0.6) is 0 Å². The Morgan fingerprint density at radius 1 is 1.11 bits per heavy atom. The number of rotatable bonds is 5. The fourth-order valence-electron chi connectivity index (χ4n) is 3.09. The van der Waals surface area contributed by atoms with Crippen LogP contribution < -0.4 is 5.32 Å². The zero-order valence-corrected chi connectivity index (χ0v) is 14.7. The molecule has 2 heterocycles. The minimum atomic E-state index is -0.496. The highest BCUT2D eigenvalue weighted by molar-refractivity contribution is 5.94. The molecule has 0 bridgehead atoms. The van der Waals surface area contributed by atoms with Gasteiger partial charge in [0.15, 0.2) is 0 Å². The van der Waals surface area contributed by atoms with Crippen LogP contribution in [0.2, 0.25) is 0 Å². The normalized spacial score (nSPS) is 14.6. The van der Waals surface area contributed by atoms with Gasteiger partial charge in [-0.2, -0.15) is 0 Å². The van der Waals surface area contributed by atoms with Crippen LogP contribution >= 0.6 is 0 Å². The monoisotopic (exact) mass is 368 g/mol. The molecule has 0 unspecified atom stereocenters. The van der Waals surface area contributed by atoms with E-state index >= 15 is 0 Å². The van der Waals surface area contributed by atoms with Gasteiger partial charge in [0.05, 0.1) is 4.92 Å². The number of piperidine rings is 1. The average Bonchev–Trinajstić information content (AvgIpc) is 2.72. The fourth-order valence-corrected chi connectivity index (χ4v) is 3.09. The molecule has 0 saturated carbocycles. The Hall–Kier alpha value is -3.29. The van der Waals surface area contributed by atoms with E-state index in [4.69, 9.17) is 0 Å². The molecule has 1 saturated heterocycles. The van der Waals surface area contributed by atoms with E-state index < -0.39 is 4.92 Å². The molecule has 8 nitrogen and oxygen atoms in total. The molecule has 2 aromatic rings. The SMILES string of the molecule is O=C(NCc1ccncc1)C1CCN(C(=O)c2ccc([N+](=O)[O-])cc2)CC1. The first-order valence-electron chi connectivity index (χ1n) is 8.75. The molecule has 1 N–H and O–H groups in total. The van der Waals surface area contributed by atoms with E-state index in [1.807, 2.05) is 12.1 Å². The lowest BCUT2D eigenvalue weighted by molar-refractivity contribution is -0.384. The minimum absolute atomic E-state index is 0.00533.